The van der Waals surface area contributed by atoms with Gasteiger partial charge in [-0.05, 0) is 0 Å². The van der Waals surface area contributed by atoms with Crippen molar-refractivity contribution in [3.63, 3.8) is 0 Å². The van der Waals surface area contributed by atoms with Gasteiger partial charge in [0, 0.05) is 0 Å². The molecule has 130 valence electrons. The van der Waals surface area contributed by atoms with Gasteiger partial charge in [-0.1, -0.05) is 0 Å². The molecule has 0 fully saturated rings. The van der Waals surface area contributed by atoms with Crippen LogP contribution >= 0.6 is 0 Å². The topological polar surface area (TPSA) is 118 Å². The molecule has 0 amide bonds. The summed E-state index contributed by atoms with van der Waals surface area (Å²) in [6.07, 6.45) is 12.4. The van der Waals surface area contributed by atoms with Gasteiger partial charge in [-0.3, -0.25) is 9.59 Å². The van der Waals surface area contributed by atoms with Crippen LogP contribution in [0.4, 0.5) is 0 Å². The van der Waals surface area contributed by atoms with E-state index in [2.05, 4.69) is 6.92 Å². The van der Waals surface area contributed by atoms with Crippen molar-refractivity contribution in [1.82, 2.24) is 0 Å². The maximum Gasteiger partial charge on any atom is 0.321 e. The predicted molar refractivity (Wildman–Crippen MR) is 90.5 cm³/mol. The number of unbranched alkanes of at least 4 members (excludes halogenated alkanes) is 8. The summed E-state index contributed by atoms with van der Waals surface area (Å²) in [6, 6.07) is -1.29. The average molecular weight is 339 g/mol. The Morgan fingerprint density at radius 3 is 1.65 bits per heavy atom. The zero-order chi connectivity index (χ0) is 18.1. The third kappa shape index (κ3) is 24.0. The van der Waals surface area contributed by atoms with Crippen molar-refractivity contribution < 1.29 is 24.6 Å². The number of hydrogen-bond donors (Lipinski definition) is 3. The number of hydrogen-bond acceptors (Lipinski definition) is 4. The Balaban J connectivity index is 0. The molecule has 6 nitrogen and oxygen atoms in total. The second-order valence-corrected chi connectivity index (χ2v) is 6.94. The molecule has 0 aliphatic rings. The van der Waals surface area contributed by atoms with Crippen molar-refractivity contribution in [2.45, 2.75) is 83.6 Å². The van der Waals surface area contributed by atoms with Gasteiger partial charge in [-0.25, -0.2) is 0 Å². The van der Waals surface area contributed by atoms with Gasteiger partial charge in [0.1, 0.15) is 6.04 Å². The number of carboxylic acids is 2. The molecule has 0 aliphatic carbocycles. The summed E-state index contributed by atoms with van der Waals surface area (Å²) in [5.41, 5.74) is 4.84. The molecule has 0 heterocycles. The average Bonchev–Trinajstić information content (AvgIpc) is 2.45. The molecule has 0 saturated heterocycles. The molecule has 0 aromatic heterocycles. The van der Waals surface area contributed by atoms with Crippen molar-refractivity contribution in [1.29, 1.82) is 0 Å². The Morgan fingerprint density at radius 1 is 0.913 bits per heavy atom. The van der Waals surface area contributed by atoms with Crippen molar-refractivity contribution in [3.05, 3.63) is 0 Å². The van der Waals surface area contributed by atoms with Crippen LogP contribution in [0.25, 0.3) is 0 Å². The van der Waals surface area contributed by atoms with Gasteiger partial charge >= 0.3 is 119 Å². The van der Waals surface area contributed by atoms with Gasteiger partial charge in [-0.15, -0.1) is 0 Å². The maximum absolute atomic E-state index is 10.7. The minimum Gasteiger partial charge on any atom is -0.481 e. The normalized spacial score (nSPS) is 11.3. The zero-order valence-corrected chi connectivity index (χ0v) is 16.6. The van der Waals surface area contributed by atoms with E-state index in [1.165, 1.54) is 51.4 Å². The molecule has 1 unspecified atom stereocenters. The van der Waals surface area contributed by atoms with Crippen LogP contribution in [0.5, 0.6) is 0 Å². The van der Waals surface area contributed by atoms with Crippen LogP contribution in [-0.4, -0.2) is 59.2 Å². The van der Waals surface area contributed by atoms with E-state index < -0.39 is 24.4 Å². The minimum absolute atomic E-state index is 0.480. The van der Waals surface area contributed by atoms with E-state index in [1.54, 1.807) is 0 Å². The van der Waals surface area contributed by atoms with Crippen molar-refractivity contribution in [3.8, 4) is 0 Å². The third-order valence-corrected chi connectivity index (χ3v) is 3.84. The van der Waals surface area contributed by atoms with Crippen molar-refractivity contribution in [2.24, 2.45) is 5.73 Å². The summed E-state index contributed by atoms with van der Waals surface area (Å²) >= 11 is 0.751. The van der Waals surface area contributed by atoms with Gasteiger partial charge in [0.05, 0.1) is 6.42 Å². The van der Waals surface area contributed by atoms with E-state index in [9.17, 15) is 14.4 Å². The van der Waals surface area contributed by atoms with E-state index >= 15 is 0 Å². The monoisotopic (exact) mass is 339 g/mol. The summed E-state index contributed by atoms with van der Waals surface area (Å²) in [7, 11) is 0. The largest absolute Gasteiger partial charge is 0.481 e. The van der Waals surface area contributed by atoms with Crippen LogP contribution in [0, 0.1) is 0 Å². The molecule has 0 radical (unpaired) electrons. The summed E-state index contributed by atoms with van der Waals surface area (Å²) < 4.78 is 0.480. The van der Waals surface area contributed by atoms with Crippen LogP contribution in [0.1, 0.15) is 77.6 Å². The first-order chi connectivity index (χ1) is 10.8. The molecule has 4 N–H and O–H groups in total. The number of carbonyl (C=O) groups excluding carboxylic acids is 1. The fourth-order valence-corrected chi connectivity index (χ4v) is 2.31. The Bertz CT molecular complexity index is 336. The van der Waals surface area contributed by atoms with E-state index in [0.29, 0.717) is 3.03 Å². The maximum atomic E-state index is 10.7. The van der Waals surface area contributed by atoms with Gasteiger partial charge in [-0.2, -0.15) is 0 Å². The molecule has 0 spiro atoms. The van der Waals surface area contributed by atoms with Gasteiger partial charge in [0.15, 0.2) is 0 Å². The first-order valence-electron chi connectivity index (χ1n) is 8.50. The van der Waals surface area contributed by atoms with Gasteiger partial charge in [0.25, 0.3) is 0 Å². The summed E-state index contributed by atoms with van der Waals surface area (Å²) in [5.74, 6) is -2.50. The molecule has 0 aromatic carbocycles. The molecule has 23 heavy (non-hydrogen) atoms. The Morgan fingerprint density at radius 2 is 1.35 bits per heavy atom. The van der Waals surface area contributed by atoms with Crippen molar-refractivity contribution >= 4 is 42.9 Å². The van der Waals surface area contributed by atoms with Crippen molar-refractivity contribution in [2.75, 3.05) is 0 Å². The molecule has 1 atom stereocenters. The Hall–Kier alpha value is -0.430. The summed E-state index contributed by atoms with van der Waals surface area (Å²) in [5, 5.41) is 16.0. The van der Waals surface area contributed by atoms with E-state index in [-0.39, 0.29) is 0 Å². The molecule has 0 rings (SSSR count). The Labute approximate surface area is 156 Å². The smallest absolute Gasteiger partial charge is 0.321 e. The molecule has 0 aliphatic heterocycles. The second-order valence-electron chi connectivity index (χ2n) is 5.82. The van der Waals surface area contributed by atoms with Crippen LogP contribution < -0.4 is 5.73 Å². The SMILES string of the molecule is CCCCCCCCCCC[C](=O)[Na].NC(CC(=O)O)C(=O)O. The fourth-order valence-electron chi connectivity index (χ4n) is 1.96. The fraction of sp³-hybridized carbons (Fsp3) is 0.812. The van der Waals surface area contributed by atoms with E-state index in [1.807, 2.05) is 0 Å². The number of carboxylic acid groups (broad SMARTS) is 2. The van der Waals surface area contributed by atoms with Crippen LogP contribution in [0.2, 0.25) is 0 Å². The van der Waals surface area contributed by atoms with E-state index in [0.717, 1.165) is 40.8 Å². The molecule has 0 aromatic rings. The predicted octanol–water partition coefficient (Wildman–Crippen LogP) is 2.48. The quantitative estimate of drug-likeness (QED) is 0.350. The third-order valence-electron chi connectivity index (χ3n) is 3.34. The van der Waals surface area contributed by atoms with Gasteiger partial charge < -0.3 is 15.9 Å². The number of nitrogens with two attached hydrogens (primary N) is 1. The number of carbonyl (C=O) groups is 3. The molecule has 7 heteroatoms. The van der Waals surface area contributed by atoms with Gasteiger partial charge in [0.2, 0.25) is 0 Å². The van der Waals surface area contributed by atoms with Crippen LogP contribution in [0.3, 0.4) is 0 Å². The van der Waals surface area contributed by atoms with Crippen LogP contribution in [0.15, 0.2) is 0 Å². The molecular weight excluding hydrogens is 309 g/mol. The van der Waals surface area contributed by atoms with Crippen LogP contribution in [-0.2, 0) is 14.4 Å². The first-order valence-corrected chi connectivity index (χ1v) is 9.50. The zero-order valence-electron chi connectivity index (χ0n) is 14.6. The molecular formula is C16H30NNaO5. The van der Waals surface area contributed by atoms with E-state index in [4.69, 9.17) is 15.9 Å². The first kappa shape index (κ1) is 24.8. The Kier molecular flexibility index (Phi) is 19.3. The standard InChI is InChI=1S/C12H23O.C4H7NO4.Na/c1-2-3-4-5-6-7-8-9-10-11-12-13;5-2(4(8)9)1-3(6)7;/h2-11H2,1H3;2H,1,5H2,(H,6,7)(H,8,9);. The second kappa shape index (κ2) is 17.9. The molecule has 0 saturated carbocycles. The minimum atomic E-state index is -1.29. The number of aliphatic carboxylic acids is 2. The summed E-state index contributed by atoms with van der Waals surface area (Å²) in [6.45, 7) is 2.26. The summed E-state index contributed by atoms with van der Waals surface area (Å²) in [4.78, 5) is 30.3. The molecule has 0 bridgehead atoms. The number of rotatable bonds is 13.